The molecule has 70 valence electrons. The van der Waals surface area contributed by atoms with Crippen LogP contribution < -0.4 is 5.73 Å². The second-order valence-electron chi connectivity index (χ2n) is 2.89. The first-order valence-corrected chi connectivity index (χ1v) is 3.87. The zero-order valence-corrected chi connectivity index (χ0v) is 7.20. The van der Waals surface area contributed by atoms with Gasteiger partial charge in [0.05, 0.1) is 25.9 Å². The molecule has 1 amide bonds. The van der Waals surface area contributed by atoms with Gasteiger partial charge in [-0.15, -0.1) is 0 Å². The minimum atomic E-state index is -0.344. The summed E-state index contributed by atoms with van der Waals surface area (Å²) in [4.78, 5) is 12.7. The van der Waals surface area contributed by atoms with Crippen molar-refractivity contribution in [1.82, 2.24) is 15.1 Å². The average molecular weight is 182 g/mol. The van der Waals surface area contributed by atoms with E-state index in [0.717, 1.165) is 11.3 Å². The van der Waals surface area contributed by atoms with Crippen LogP contribution in [0.1, 0.15) is 11.3 Å². The Labute approximate surface area is 74.7 Å². The van der Waals surface area contributed by atoms with Gasteiger partial charge in [0, 0.05) is 5.56 Å². The number of carbonyl (C=O) groups excluding carboxylic acids is 1. The molecule has 2 heterocycles. The number of aromatic nitrogens is 2. The molecule has 0 radical (unpaired) electrons. The summed E-state index contributed by atoms with van der Waals surface area (Å²) < 4.78 is 4.59. The highest BCUT2D eigenvalue weighted by molar-refractivity contribution is 5.69. The lowest BCUT2D eigenvalue weighted by atomic mass is 10.3. The Balaban J connectivity index is 2.18. The Hall–Kier alpha value is -1.72. The van der Waals surface area contributed by atoms with Gasteiger partial charge in [-0.25, -0.2) is 4.79 Å². The van der Waals surface area contributed by atoms with Crippen LogP contribution in [0.2, 0.25) is 0 Å². The van der Waals surface area contributed by atoms with Gasteiger partial charge in [-0.2, -0.15) is 5.10 Å². The van der Waals surface area contributed by atoms with E-state index in [4.69, 9.17) is 5.73 Å². The molecule has 0 bridgehead atoms. The number of anilines is 1. The van der Waals surface area contributed by atoms with Crippen LogP contribution in [0, 0.1) is 0 Å². The fraction of sp³-hybridized carbons (Fsp3) is 0.429. The van der Waals surface area contributed by atoms with Crippen LogP contribution in [-0.4, -0.2) is 28.3 Å². The zero-order chi connectivity index (χ0) is 9.42. The number of H-pyrrole nitrogens is 1. The van der Waals surface area contributed by atoms with Gasteiger partial charge in [-0.3, -0.25) is 10.00 Å². The summed E-state index contributed by atoms with van der Waals surface area (Å²) in [6.45, 7) is 0.969. The van der Waals surface area contributed by atoms with Gasteiger partial charge in [-0.1, -0.05) is 0 Å². The van der Waals surface area contributed by atoms with Crippen LogP contribution in [0.5, 0.6) is 0 Å². The zero-order valence-electron chi connectivity index (χ0n) is 7.20. The number of nitrogens with zero attached hydrogens (tertiary/aromatic N) is 2. The van der Waals surface area contributed by atoms with Gasteiger partial charge in [0.25, 0.3) is 0 Å². The Morgan fingerprint density at radius 2 is 2.46 bits per heavy atom. The second-order valence-corrected chi connectivity index (χ2v) is 2.89. The summed E-state index contributed by atoms with van der Waals surface area (Å²) >= 11 is 0. The van der Waals surface area contributed by atoms with Crippen molar-refractivity contribution in [1.29, 1.82) is 0 Å². The van der Waals surface area contributed by atoms with Crippen molar-refractivity contribution in [2.45, 2.75) is 13.1 Å². The predicted octanol–water partition coefficient (Wildman–Crippen LogP) is 0.0739. The molecule has 0 aliphatic carbocycles. The van der Waals surface area contributed by atoms with Crippen molar-refractivity contribution >= 4 is 11.9 Å². The van der Waals surface area contributed by atoms with Crippen LogP contribution in [0.15, 0.2) is 0 Å². The lowest BCUT2D eigenvalue weighted by Gasteiger charge is -2.12. The quantitative estimate of drug-likeness (QED) is 0.594. The Bertz CT molecular complexity index is 346. The van der Waals surface area contributed by atoms with Gasteiger partial charge in [0.15, 0.2) is 5.82 Å². The molecule has 0 spiro atoms. The summed E-state index contributed by atoms with van der Waals surface area (Å²) in [6.07, 6.45) is -0.344. The van der Waals surface area contributed by atoms with E-state index < -0.39 is 0 Å². The topological polar surface area (TPSA) is 84.2 Å². The van der Waals surface area contributed by atoms with Crippen molar-refractivity contribution in [3.05, 3.63) is 11.3 Å². The maximum Gasteiger partial charge on any atom is 0.410 e. The molecule has 3 N–H and O–H groups in total. The van der Waals surface area contributed by atoms with E-state index in [1.54, 1.807) is 4.90 Å². The van der Waals surface area contributed by atoms with Crippen LogP contribution in [0.3, 0.4) is 0 Å². The van der Waals surface area contributed by atoms with Gasteiger partial charge in [0.2, 0.25) is 0 Å². The molecule has 0 fully saturated rings. The molecule has 1 aromatic rings. The second kappa shape index (κ2) is 2.65. The van der Waals surface area contributed by atoms with E-state index in [1.165, 1.54) is 7.11 Å². The highest BCUT2D eigenvalue weighted by Gasteiger charge is 2.27. The molecule has 13 heavy (non-hydrogen) atoms. The summed E-state index contributed by atoms with van der Waals surface area (Å²) in [6, 6.07) is 0. The number of rotatable bonds is 0. The molecular formula is C7H10N4O2. The highest BCUT2D eigenvalue weighted by atomic mass is 16.5. The molecule has 6 nitrogen and oxygen atoms in total. The number of fused-ring (bicyclic) bond motifs is 1. The number of ether oxygens (including phenoxy) is 1. The molecule has 1 aromatic heterocycles. The number of nitrogens with one attached hydrogen (secondary N) is 1. The lowest BCUT2D eigenvalue weighted by Crippen LogP contribution is -2.25. The third-order valence-corrected chi connectivity index (χ3v) is 2.12. The maximum absolute atomic E-state index is 11.1. The predicted molar refractivity (Wildman–Crippen MR) is 44.7 cm³/mol. The number of aromatic amines is 1. The normalized spacial score (nSPS) is 14.4. The van der Waals surface area contributed by atoms with E-state index in [0.29, 0.717) is 18.9 Å². The molecule has 0 unspecified atom stereocenters. The number of carbonyl (C=O) groups is 1. The largest absolute Gasteiger partial charge is 0.453 e. The molecule has 1 aliphatic heterocycles. The fourth-order valence-electron chi connectivity index (χ4n) is 1.42. The summed E-state index contributed by atoms with van der Waals surface area (Å²) in [5.41, 5.74) is 7.36. The van der Waals surface area contributed by atoms with E-state index in [-0.39, 0.29) is 6.09 Å². The number of hydrogen-bond acceptors (Lipinski definition) is 4. The van der Waals surface area contributed by atoms with Gasteiger partial charge >= 0.3 is 6.09 Å². The Morgan fingerprint density at radius 3 is 3.08 bits per heavy atom. The van der Waals surface area contributed by atoms with Crippen LogP contribution in [-0.2, 0) is 17.8 Å². The van der Waals surface area contributed by atoms with Crippen LogP contribution in [0.4, 0.5) is 10.6 Å². The standard InChI is InChI=1S/C7H10N4O2/c1-13-7(12)11-2-4-5(3-11)9-10-6(4)8/h2-3H2,1H3,(H3,8,9,10). The molecule has 6 heteroatoms. The monoisotopic (exact) mass is 182 g/mol. The third kappa shape index (κ3) is 1.10. The molecule has 0 saturated carbocycles. The number of amides is 1. The van der Waals surface area contributed by atoms with Crippen molar-refractivity contribution in [2.24, 2.45) is 0 Å². The van der Waals surface area contributed by atoms with E-state index in [9.17, 15) is 4.79 Å². The van der Waals surface area contributed by atoms with E-state index in [2.05, 4.69) is 14.9 Å². The molecule has 0 saturated heterocycles. The maximum atomic E-state index is 11.1. The number of methoxy groups -OCH3 is 1. The van der Waals surface area contributed by atoms with Gasteiger partial charge in [-0.05, 0) is 0 Å². The summed E-state index contributed by atoms with van der Waals surface area (Å²) in [5.74, 6) is 0.460. The van der Waals surface area contributed by atoms with Crippen LogP contribution in [0.25, 0.3) is 0 Å². The van der Waals surface area contributed by atoms with Crippen molar-refractivity contribution in [2.75, 3.05) is 12.8 Å². The van der Waals surface area contributed by atoms with E-state index >= 15 is 0 Å². The SMILES string of the molecule is COC(=O)N1Cc2[nH]nc(N)c2C1. The molecule has 2 rings (SSSR count). The summed E-state index contributed by atoms with van der Waals surface area (Å²) in [7, 11) is 1.36. The molecule has 1 aliphatic rings. The highest BCUT2D eigenvalue weighted by Crippen LogP contribution is 2.25. The number of nitrogens with two attached hydrogens (primary N) is 1. The Kier molecular flexibility index (Phi) is 1.61. The number of hydrogen-bond donors (Lipinski definition) is 2. The minimum absolute atomic E-state index is 0.344. The average Bonchev–Trinajstić information content (AvgIpc) is 2.67. The Morgan fingerprint density at radius 1 is 1.69 bits per heavy atom. The third-order valence-electron chi connectivity index (χ3n) is 2.12. The lowest BCUT2D eigenvalue weighted by molar-refractivity contribution is 0.123. The molecular weight excluding hydrogens is 172 g/mol. The fourth-order valence-corrected chi connectivity index (χ4v) is 1.42. The molecule has 0 aromatic carbocycles. The van der Waals surface area contributed by atoms with Gasteiger partial charge < -0.3 is 10.5 Å². The first-order chi connectivity index (χ1) is 6.22. The minimum Gasteiger partial charge on any atom is -0.453 e. The molecule has 0 atom stereocenters. The van der Waals surface area contributed by atoms with Gasteiger partial charge in [0.1, 0.15) is 0 Å². The first kappa shape index (κ1) is 7.90. The van der Waals surface area contributed by atoms with E-state index in [1.807, 2.05) is 0 Å². The van der Waals surface area contributed by atoms with Crippen molar-refractivity contribution < 1.29 is 9.53 Å². The first-order valence-electron chi connectivity index (χ1n) is 3.87. The smallest absolute Gasteiger partial charge is 0.410 e. The number of nitrogen functional groups attached to an aromatic ring is 1. The van der Waals surface area contributed by atoms with Crippen LogP contribution >= 0.6 is 0 Å². The summed E-state index contributed by atoms with van der Waals surface area (Å²) in [5, 5.41) is 6.60. The van der Waals surface area contributed by atoms with Crippen molar-refractivity contribution in [3.63, 3.8) is 0 Å². The van der Waals surface area contributed by atoms with Crippen molar-refractivity contribution in [3.8, 4) is 0 Å².